The zero-order valence-electron chi connectivity index (χ0n) is 11.8. The molecule has 2 aromatic carbocycles. The van der Waals surface area contributed by atoms with E-state index in [0.717, 1.165) is 29.7 Å². The first kappa shape index (κ1) is 14.2. The van der Waals surface area contributed by atoms with Crippen molar-refractivity contribution in [2.45, 2.75) is 35.5 Å². The highest BCUT2D eigenvalue weighted by atomic mass is 32.2. The smallest absolute Gasteiger partial charge is 0.320 e. The van der Waals surface area contributed by atoms with Crippen LogP contribution in [0.25, 0.3) is 0 Å². The van der Waals surface area contributed by atoms with Gasteiger partial charge in [0, 0.05) is 4.90 Å². The highest BCUT2D eigenvalue weighted by Gasteiger charge is 2.28. The summed E-state index contributed by atoms with van der Waals surface area (Å²) in [5.41, 5.74) is 1.09. The number of thioether (sulfide) groups is 1. The Hall–Kier alpha value is -1.74. The van der Waals surface area contributed by atoms with E-state index in [1.54, 1.807) is 11.8 Å². The molecule has 1 aliphatic rings. The van der Waals surface area contributed by atoms with E-state index in [4.69, 9.17) is 4.74 Å². The summed E-state index contributed by atoms with van der Waals surface area (Å²) in [7, 11) is 0. The maximum Gasteiger partial charge on any atom is 0.320 e. The number of ether oxygens (including phenoxy) is 1. The molecule has 2 aromatic rings. The number of rotatable bonds is 3. The Labute approximate surface area is 129 Å². The first-order chi connectivity index (χ1) is 10.3. The molecule has 21 heavy (non-hydrogen) atoms. The third-order valence-electron chi connectivity index (χ3n) is 3.65. The van der Waals surface area contributed by atoms with Gasteiger partial charge in [-0.25, -0.2) is 0 Å². The van der Waals surface area contributed by atoms with Crippen LogP contribution in [-0.2, 0) is 9.53 Å². The van der Waals surface area contributed by atoms with E-state index in [-0.39, 0.29) is 17.3 Å². The molecule has 1 saturated heterocycles. The SMILES string of the molecule is O=C1OC(c2ccccc2)CCCC1Sc1ccccc1. The van der Waals surface area contributed by atoms with Crippen molar-refractivity contribution in [2.24, 2.45) is 0 Å². The van der Waals surface area contributed by atoms with Gasteiger partial charge < -0.3 is 4.74 Å². The summed E-state index contributed by atoms with van der Waals surface area (Å²) in [4.78, 5) is 13.5. The van der Waals surface area contributed by atoms with Crippen molar-refractivity contribution in [3.63, 3.8) is 0 Å². The number of cyclic esters (lactones) is 1. The fraction of sp³-hybridized carbons (Fsp3) is 0.278. The minimum atomic E-state index is -0.0972. The lowest BCUT2D eigenvalue weighted by Gasteiger charge is -2.17. The van der Waals surface area contributed by atoms with Crippen molar-refractivity contribution in [1.82, 2.24) is 0 Å². The van der Waals surface area contributed by atoms with Crippen molar-refractivity contribution in [3.05, 3.63) is 66.2 Å². The average molecular weight is 298 g/mol. The van der Waals surface area contributed by atoms with Crippen LogP contribution in [0.3, 0.4) is 0 Å². The molecule has 1 aliphatic heterocycles. The quantitative estimate of drug-likeness (QED) is 0.774. The van der Waals surface area contributed by atoms with Crippen molar-refractivity contribution < 1.29 is 9.53 Å². The molecule has 0 amide bonds. The topological polar surface area (TPSA) is 26.3 Å². The predicted molar refractivity (Wildman–Crippen MR) is 85.2 cm³/mol. The van der Waals surface area contributed by atoms with E-state index in [2.05, 4.69) is 0 Å². The molecule has 0 radical (unpaired) electrons. The summed E-state index contributed by atoms with van der Waals surface area (Å²) >= 11 is 1.61. The van der Waals surface area contributed by atoms with Gasteiger partial charge in [0.1, 0.15) is 11.4 Å². The molecule has 0 aromatic heterocycles. The number of hydrogen-bond donors (Lipinski definition) is 0. The molecule has 0 bridgehead atoms. The van der Waals surface area contributed by atoms with Crippen LogP contribution in [0.4, 0.5) is 0 Å². The summed E-state index contributed by atoms with van der Waals surface area (Å²) in [6, 6.07) is 20.1. The Bertz CT molecular complexity index is 583. The second kappa shape index (κ2) is 6.81. The third-order valence-corrected chi connectivity index (χ3v) is 4.90. The molecule has 1 heterocycles. The second-order valence-electron chi connectivity index (χ2n) is 5.19. The highest BCUT2D eigenvalue weighted by Crippen LogP contribution is 2.34. The van der Waals surface area contributed by atoms with Crippen LogP contribution in [0.1, 0.15) is 30.9 Å². The lowest BCUT2D eigenvalue weighted by molar-refractivity contribution is -0.147. The van der Waals surface area contributed by atoms with E-state index in [1.165, 1.54) is 0 Å². The van der Waals surface area contributed by atoms with Crippen LogP contribution in [0, 0.1) is 0 Å². The van der Waals surface area contributed by atoms with Crippen LogP contribution in [0.15, 0.2) is 65.6 Å². The van der Waals surface area contributed by atoms with Crippen LogP contribution < -0.4 is 0 Å². The molecule has 1 fully saturated rings. The lowest BCUT2D eigenvalue weighted by Crippen LogP contribution is -2.19. The number of hydrogen-bond acceptors (Lipinski definition) is 3. The maximum absolute atomic E-state index is 12.4. The summed E-state index contributed by atoms with van der Waals surface area (Å²) in [5, 5.41) is -0.0962. The Morgan fingerprint density at radius 1 is 0.905 bits per heavy atom. The molecule has 108 valence electrons. The van der Waals surface area contributed by atoms with Gasteiger partial charge in [0.25, 0.3) is 0 Å². The van der Waals surface area contributed by atoms with Gasteiger partial charge in [-0.2, -0.15) is 0 Å². The fourth-order valence-corrected chi connectivity index (χ4v) is 3.63. The second-order valence-corrected chi connectivity index (χ2v) is 6.46. The minimum Gasteiger partial charge on any atom is -0.457 e. The molecule has 3 heteroatoms. The predicted octanol–water partition coefficient (Wildman–Crippen LogP) is 4.62. The van der Waals surface area contributed by atoms with Crippen molar-refractivity contribution in [1.29, 1.82) is 0 Å². The molecule has 2 atom stereocenters. The Morgan fingerprint density at radius 2 is 1.57 bits per heavy atom. The van der Waals surface area contributed by atoms with Crippen LogP contribution in [-0.4, -0.2) is 11.2 Å². The first-order valence-electron chi connectivity index (χ1n) is 7.30. The van der Waals surface area contributed by atoms with Gasteiger partial charge in [-0.3, -0.25) is 4.79 Å². The molecular weight excluding hydrogens is 280 g/mol. The van der Waals surface area contributed by atoms with Gasteiger partial charge in [0.05, 0.1) is 0 Å². The molecule has 0 spiro atoms. The van der Waals surface area contributed by atoms with E-state index >= 15 is 0 Å². The normalized spacial score (nSPS) is 22.4. The maximum atomic E-state index is 12.4. The van der Waals surface area contributed by atoms with Gasteiger partial charge in [-0.15, -0.1) is 11.8 Å². The summed E-state index contributed by atoms with van der Waals surface area (Å²) in [5.74, 6) is -0.0878. The van der Waals surface area contributed by atoms with Gasteiger partial charge in [-0.05, 0) is 37.0 Å². The number of esters is 1. The van der Waals surface area contributed by atoms with Crippen LogP contribution >= 0.6 is 11.8 Å². The number of carbonyl (C=O) groups is 1. The summed E-state index contributed by atoms with van der Waals surface area (Å²) < 4.78 is 5.72. The standard InChI is InChI=1S/C18H18O2S/c19-18-17(21-15-10-5-2-6-11-15)13-7-12-16(20-18)14-8-3-1-4-9-14/h1-6,8-11,16-17H,7,12-13H2. The summed E-state index contributed by atoms with van der Waals surface area (Å²) in [6.07, 6.45) is 2.69. The van der Waals surface area contributed by atoms with Gasteiger partial charge >= 0.3 is 5.97 Å². The van der Waals surface area contributed by atoms with E-state index in [1.807, 2.05) is 60.7 Å². The fourth-order valence-electron chi connectivity index (χ4n) is 2.55. The molecule has 0 aliphatic carbocycles. The van der Waals surface area contributed by atoms with Gasteiger partial charge in [0.2, 0.25) is 0 Å². The van der Waals surface area contributed by atoms with E-state index < -0.39 is 0 Å². The zero-order valence-corrected chi connectivity index (χ0v) is 12.6. The molecule has 2 unspecified atom stereocenters. The Balaban J connectivity index is 1.69. The molecule has 0 saturated carbocycles. The lowest BCUT2D eigenvalue weighted by atomic mass is 10.0. The van der Waals surface area contributed by atoms with E-state index in [9.17, 15) is 4.79 Å². The Kier molecular flexibility index (Phi) is 4.61. The average Bonchev–Trinajstić information content (AvgIpc) is 2.72. The largest absolute Gasteiger partial charge is 0.457 e. The number of carbonyl (C=O) groups excluding carboxylic acids is 1. The van der Waals surface area contributed by atoms with Crippen LogP contribution in [0.5, 0.6) is 0 Å². The first-order valence-corrected chi connectivity index (χ1v) is 8.18. The summed E-state index contributed by atoms with van der Waals surface area (Å²) in [6.45, 7) is 0. The highest BCUT2D eigenvalue weighted by molar-refractivity contribution is 8.00. The van der Waals surface area contributed by atoms with Crippen molar-refractivity contribution in [3.8, 4) is 0 Å². The van der Waals surface area contributed by atoms with Gasteiger partial charge in [-0.1, -0.05) is 48.5 Å². The number of benzene rings is 2. The molecule has 2 nitrogen and oxygen atoms in total. The molecule has 3 rings (SSSR count). The molecular formula is C18H18O2S. The minimum absolute atomic E-state index is 0.0878. The zero-order chi connectivity index (χ0) is 14.5. The molecule has 0 N–H and O–H groups in total. The van der Waals surface area contributed by atoms with Crippen LogP contribution in [0.2, 0.25) is 0 Å². The monoisotopic (exact) mass is 298 g/mol. The van der Waals surface area contributed by atoms with E-state index in [0.29, 0.717) is 0 Å². The van der Waals surface area contributed by atoms with Gasteiger partial charge in [0.15, 0.2) is 0 Å². The third kappa shape index (κ3) is 3.67. The van der Waals surface area contributed by atoms with Crippen molar-refractivity contribution in [2.75, 3.05) is 0 Å². The van der Waals surface area contributed by atoms with Crippen molar-refractivity contribution >= 4 is 17.7 Å². The Morgan fingerprint density at radius 3 is 2.29 bits per heavy atom.